The molecule has 0 amide bonds. The topological polar surface area (TPSA) is 40.5 Å². The smallest absolute Gasteiger partial charge is 0.141 e. The largest absolute Gasteiger partial charge is 0.510 e. The van der Waals surface area contributed by atoms with Gasteiger partial charge in [-0.2, -0.15) is 0 Å². The number of aliphatic hydroxyl groups is 1. The Morgan fingerprint density at radius 1 is 1.21 bits per heavy atom. The van der Waals surface area contributed by atoms with Crippen LogP contribution in [0.25, 0.3) is 6.08 Å². The monoisotopic (exact) mass is 318 g/mol. The summed E-state index contributed by atoms with van der Waals surface area (Å²) in [5, 5.41) is 18.9. The molecule has 0 unspecified atom stereocenters. The first kappa shape index (κ1) is 10.1. The van der Waals surface area contributed by atoms with Gasteiger partial charge in [0, 0.05) is 6.42 Å². The highest BCUT2D eigenvalue weighted by Crippen LogP contribution is 2.42. The average molecular weight is 320 g/mol. The molecule has 0 saturated carbocycles. The maximum atomic E-state index is 9.66. The third-order valence-electron chi connectivity index (χ3n) is 2.21. The number of hydrogen-bond acceptors (Lipinski definition) is 2. The lowest BCUT2D eigenvalue weighted by atomic mass is 9.96. The van der Waals surface area contributed by atoms with Crippen molar-refractivity contribution in [3.05, 3.63) is 35.1 Å². The molecule has 0 heterocycles. The van der Waals surface area contributed by atoms with E-state index in [2.05, 4.69) is 31.9 Å². The Bertz CT molecular complexity index is 411. The number of fused-ring (bicyclic) bond motifs is 1. The number of allylic oxidation sites excluding steroid dienone is 1. The number of alkyl halides is 2. The molecule has 0 aromatic heterocycles. The highest BCUT2D eigenvalue weighted by Gasteiger charge is 2.32. The summed E-state index contributed by atoms with van der Waals surface area (Å²) in [6.07, 6.45) is 2.28. The highest BCUT2D eigenvalue weighted by molar-refractivity contribution is 9.25. The van der Waals surface area contributed by atoms with E-state index in [-0.39, 0.29) is 11.5 Å². The minimum Gasteiger partial charge on any atom is -0.510 e. The van der Waals surface area contributed by atoms with Crippen LogP contribution in [0.3, 0.4) is 0 Å². The van der Waals surface area contributed by atoms with E-state index in [1.807, 2.05) is 6.07 Å². The van der Waals surface area contributed by atoms with Crippen LogP contribution in [0.1, 0.15) is 11.1 Å². The van der Waals surface area contributed by atoms with Gasteiger partial charge in [-0.1, -0.05) is 37.9 Å². The summed E-state index contributed by atoms with van der Waals surface area (Å²) in [5.74, 6) is 0.431. The molecule has 1 aromatic rings. The molecule has 0 saturated heterocycles. The molecule has 0 spiro atoms. The number of phenolic OH excluding ortho intramolecular Hbond substituents is 1. The molecular formula is C10H8Br2O2. The summed E-state index contributed by atoms with van der Waals surface area (Å²) < 4.78 is -0.566. The Morgan fingerprint density at radius 2 is 1.93 bits per heavy atom. The van der Waals surface area contributed by atoms with Crippen LogP contribution in [-0.4, -0.2) is 13.4 Å². The van der Waals surface area contributed by atoms with Crippen molar-refractivity contribution in [2.45, 2.75) is 9.65 Å². The van der Waals surface area contributed by atoms with E-state index in [0.29, 0.717) is 6.42 Å². The minimum atomic E-state index is -0.566. The molecule has 14 heavy (non-hydrogen) atoms. The fourth-order valence-corrected chi connectivity index (χ4v) is 2.29. The molecule has 2 nitrogen and oxygen atoms in total. The van der Waals surface area contributed by atoms with Crippen molar-refractivity contribution in [2.24, 2.45) is 0 Å². The summed E-state index contributed by atoms with van der Waals surface area (Å²) >= 11 is 6.76. The molecule has 2 rings (SSSR count). The third kappa shape index (κ3) is 1.68. The van der Waals surface area contributed by atoms with E-state index in [0.717, 1.165) is 11.1 Å². The van der Waals surface area contributed by atoms with Crippen molar-refractivity contribution in [3.8, 4) is 5.75 Å². The molecule has 2 N–H and O–H groups in total. The number of aromatic hydroxyl groups is 1. The summed E-state index contributed by atoms with van der Waals surface area (Å²) in [5.41, 5.74) is 1.94. The SMILES string of the molecule is OC1=Cc2cc(O)ccc2CC1(Br)Br. The predicted molar refractivity (Wildman–Crippen MR) is 63.0 cm³/mol. The van der Waals surface area contributed by atoms with Crippen LogP contribution in [0, 0.1) is 0 Å². The van der Waals surface area contributed by atoms with E-state index in [4.69, 9.17) is 0 Å². The van der Waals surface area contributed by atoms with Gasteiger partial charge in [0.15, 0.2) is 0 Å². The number of phenols is 1. The molecule has 0 atom stereocenters. The number of hydrogen-bond donors (Lipinski definition) is 2. The van der Waals surface area contributed by atoms with Crippen molar-refractivity contribution in [3.63, 3.8) is 0 Å². The van der Waals surface area contributed by atoms with Crippen molar-refractivity contribution >= 4 is 37.9 Å². The Balaban J connectivity index is 2.54. The molecule has 1 aliphatic carbocycles. The van der Waals surface area contributed by atoms with Gasteiger partial charge in [0.1, 0.15) is 14.7 Å². The first-order valence-electron chi connectivity index (χ1n) is 4.10. The lowest BCUT2D eigenvalue weighted by Crippen LogP contribution is -2.22. The zero-order chi connectivity index (χ0) is 10.3. The molecule has 4 heteroatoms. The van der Waals surface area contributed by atoms with E-state index < -0.39 is 3.23 Å². The van der Waals surface area contributed by atoms with Crippen LogP contribution < -0.4 is 0 Å². The molecule has 1 aromatic carbocycles. The van der Waals surface area contributed by atoms with Crippen LogP contribution >= 0.6 is 31.9 Å². The van der Waals surface area contributed by atoms with E-state index in [9.17, 15) is 10.2 Å². The average Bonchev–Trinajstić information content (AvgIpc) is 2.08. The number of benzene rings is 1. The van der Waals surface area contributed by atoms with Crippen LogP contribution in [0.5, 0.6) is 5.75 Å². The van der Waals surface area contributed by atoms with Crippen molar-refractivity contribution in [1.29, 1.82) is 0 Å². The molecule has 0 fully saturated rings. The zero-order valence-electron chi connectivity index (χ0n) is 7.17. The van der Waals surface area contributed by atoms with Gasteiger partial charge >= 0.3 is 0 Å². The number of aliphatic hydroxyl groups excluding tert-OH is 1. The molecule has 0 aliphatic heterocycles. The van der Waals surface area contributed by atoms with Crippen molar-refractivity contribution in [2.75, 3.05) is 0 Å². The standard InChI is InChI=1S/C10H8Br2O2/c11-10(12)5-6-1-2-8(13)3-7(6)4-9(10)14/h1-4,13-14H,5H2. The maximum absolute atomic E-state index is 9.66. The lowest BCUT2D eigenvalue weighted by Gasteiger charge is -2.25. The second-order valence-corrected chi connectivity index (χ2v) is 7.07. The fraction of sp³-hybridized carbons (Fsp3) is 0.200. The number of halogens is 2. The zero-order valence-corrected chi connectivity index (χ0v) is 10.3. The molecule has 0 bridgehead atoms. The minimum absolute atomic E-state index is 0.212. The molecule has 1 aliphatic rings. The van der Waals surface area contributed by atoms with Gasteiger partial charge in [0.05, 0.1) is 0 Å². The van der Waals surface area contributed by atoms with Gasteiger partial charge in [-0.3, -0.25) is 0 Å². The van der Waals surface area contributed by atoms with E-state index in [1.54, 1.807) is 18.2 Å². The van der Waals surface area contributed by atoms with Crippen LogP contribution in [0.2, 0.25) is 0 Å². The summed E-state index contributed by atoms with van der Waals surface area (Å²) in [7, 11) is 0. The van der Waals surface area contributed by atoms with Gasteiger partial charge in [-0.15, -0.1) is 0 Å². The third-order valence-corrected chi connectivity index (χ3v) is 3.58. The lowest BCUT2D eigenvalue weighted by molar-refractivity contribution is 0.391. The second-order valence-electron chi connectivity index (χ2n) is 3.29. The van der Waals surface area contributed by atoms with Gasteiger partial charge < -0.3 is 10.2 Å². The molecular weight excluding hydrogens is 312 g/mol. The first-order valence-corrected chi connectivity index (χ1v) is 5.68. The van der Waals surface area contributed by atoms with Crippen LogP contribution in [0.4, 0.5) is 0 Å². The fourth-order valence-electron chi connectivity index (χ4n) is 1.46. The molecule has 0 radical (unpaired) electrons. The van der Waals surface area contributed by atoms with E-state index >= 15 is 0 Å². The van der Waals surface area contributed by atoms with Gasteiger partial charge in [-0.05, 0) is 29.3 Å². The van der Waals surface area contributed by atoms with Crippen molar-refractivity contribution in [1.82, 2.24) is 0 Å². The van der Waals surface area contributed by atoms with Gasteiger partial charge in [-0.25, -0.2) is 0 Å². The second kappa shape index (κ2) is 3.28. The Labute approximate surface area is 98.5 Å². The Hall–Kier alpha value is -0.480. The van der Waals surface area contributed by atoms with Crippen LogP contribution in [-0.2, 0) is 6.42 Å². The summed E-state index contributed by atoms with van der Waals surface area (Å²) in [6, 6.07) is 5.14. The van der Waals surface area contributed by atoms with Gasteiger partial charge in [0.2, 0.25) is 0 Å². The number of rotatable bonds is 0. The highest BCUT2D eigenvalue weighted by atomic mass is 79.9. The maximum Gasteiger partial charge on any atom is 0.141 e. The summed E-state index contributed by atoms with van der Waals surface area (Å²) in [4.78, 5) is 0. The Kier molecular flexibility index (Phi) is 2.35. The normalized spacial score (nSPS) is 18.6. The molecule has 74 valence electrons. The quantitative estimate of drug-likeness (QED) is 0.720. The summed E-state index contributed by atoms with van der Waals surface area (Å²) in [6.45, 7) is 0. The van der Waals surface area contributed by atoms with Gasteiger partial charge in [0.25, 0.3) is 0 Å². The van der Waals surface area contributed by atoms with Crippen molar-refractivity contribution < 1.29 is 10.2 Å². The van der Waals surface area contributed by atoms with E-state index in [1.165, 1.54) is 0 Å². The Morgan fingerprint density at radius 3 is 2.64 bits per heavy atom. The predicted octanol–water partition coefficient (Wildman–Crippen LogP) is 3.33. The first-order chi connectivity index (χ1) is 6.49. The van der Waals surface area contributed by atoms with Crippen LogP contribution in [0.15, 0.2) is 24.0 Å².